The minimum absolute atomic E-state index is 0.196. The summed E-state index contributed by atoms with van der Waals surface area (Å²) < 4.78 is 0. The molecule has 0 aliphatic carbocycles. The molecule has 0 atom stereocenters. The van der Waals surface area contributed by atoms with Crippen molar-refractivity contribution in [1.82, 2.24) is 5.09 Å². The zero-order chi connectivity index (χ0) is 5.70. The number of hydrogen-bond donors (Lipinski definition) is 1. The summed E-state index contributed by atoms with van der Waals surface area (Å²) in [4.78, 5) is 0. The molecule has 0 aromatic carbocycles. The SMILES string of the molecule is CCP(CC)NC. The summed E-state index contributed by atoms with van der Waals surface area (Å²) in [6.45, 7) is 4.46. The van der Waals surface area contributed by atoms with Crippen LogP contribution in [0.2, 0.25) is 0 Å². The summed E-state index contributed by atoms with van der Waals surface area (Å²) in [6.07, 6.45) is 2.62. The van der Waals surface area contributed by atoms with Crippen LogP contribution in [0.5, 0.6) is 0 Å². The Labute approximate surface area is 47.3 Å². The van der Waals surface area contributed by atoms with Crippen molar-refractivity contribution >= 4 is 8.07 Å². The fraction of sp³-hybridized carbons (Fsp3) is 1.00. The van der Waals surface area contributed by atoms with E-state index in [0.29, 0.717) is 0 Å². The summed E-state index contributed by atoms with van der Waals surface area (Å²) in [7, 11) is 2.24. The molecule has 0 saturated heterocycles. The van der Waals surface area contributed by atoms with Gasteiger partial charge in [-0.3, -0.25) is 5.09 Å². The van der Waals surface area contributed by atoms with Crippen LogP contribution in [0, 0.1) is 0 Å². The molecule has 0 saturated carbocycles. The van der Waals surface area contributed by atoms with E-state index in [-0.39, 0.29) is 8.07 Å². The summed E-state index contributed by atoms with van der Waals surface area (Å²) in [5.74, 6) is 0. The van der Waals surface area contributed by atoms with Gasteiger partial charge in [-0.1, -0.05) is 13.8 Å². The van der Waals surface area contributed by atoms with Gasteiger partial charge in [0.15, 0.2) is 0 Å². The fourth-order valence-electron chi connectivity index (χ4n) is 0.540. The van der Waals surface area contributed by atoms with E-state index in [4.69, 9.17) is 0 Å². The molecule has 0 spiro atoms. The second kappa shape index (κ2) is 4.55. The first-order chi connectivity index (χ1) is 3.35. The molecule has 0 aromatic heterocycles. The molecule has 0 heterocycles. The van der Waals surface area contributed by atoms with Gasteiger partial charge in [-0.25, -0.2) is 0 Å². The van der Waals surface area contributed by atoms with Crippen LogP contribution in [0.25, 0.3) is 0 Å². The van der Waals surface area contributed by atoms with Crippen LogP contribution in [-0.4, -0.2) is 19.4 Å². The van der Waals surface area contributed by atoms with Gasteiger partial charge in [-0.05, 0) is 27.4 Å². The zero-order valence-electron chi connectivity index (χ0n) is 5.36. The van der Waals surface area contributed by atoms with Crippen molar-refractivity contribution in [3.05, 3.63) is 0 Å². The highest BCUT2D eigenvalue weighted by Crippen LogP contribution is 2.26. The van der Waals surface area contributed by atoms with Crippen LogP contribution in [0.15, 0.2) is 0 Å². The Morgan fingerprint density at radius 1 is 1.29 bits per heavy atom. The molecule has 0 unspecified atom stereocenters. The lowest BCUT2D eigenvalue weighted by molar-refractivity contribution is 1.21. The Bertz CT molecular complexity index is 29.6. The van der Waals surface area contributed by atoms with Crippen molar-refractivity contribution < 1.29 is 0 Å². The maximum Gasteiger partial charge on any atom is -0.0125 e. The molecule has 1 N–H and O–H groups in total. The first-order valence-corrected chi connectivity index (χ1v) is 4.48. The topological polar surface area (TPSA) is 12.0 Å². The molecule has 0 aromatic rings. The third kappa shape index (κ3) is 3.02. The number of nitrogens with one attached hydrogen (secondary N) is 1. The molecule has 0 bridgehead atoms. The van der Waals surface area contributed by atoms with Crippen molar-refractivity contribution in [1.29, 1.82) is 0 Å². The van der Waals surface area contributed by atoms with Gasteiger partial charge < -0.3 is 0 Å². The van der Waals surface area contributed by atoms with Gasteiger partial charge >= 0.3 is 0 Å². The Morgan fingerprint density at radius 2 is 1.71 bits per heavy atom. The highest BCUT2D eigenvalue weighted by atomic mass is 31.1. The van der Waals surface area contributed by atoms with Gasteiger partial charge in [0.2, 0.25) is 0 Å². The molecule has 7 heavy (non-hydrogen) atoms. The maximum absolute atomic E-state index is 3.27. The van der Waals surface area contributed by atoms with Gasteiger partial charge in [0, 0.05) is 0 Å². The molecule has 1 nitrogen and oxygen atoms in total. The smallest absolute Gasteiger partial charge is 0.0125 e. The van der Waals surface area contributed by atoms with E-state index in [1.54, 1.807) is 0 Å². The van der Waals surface area contributed by atoms with Gasteiger partial charge in [0.05, 0.1) is 0 Å². The second-order valence-corrected chi connectivity index (χ2v) is 4.19. The van der Waals surface area contributed by atoms with Crippen molar-refractivity contribution in [3.8, 4) is 0 Å². The van der Waals surface area contributed by atoms with Crippen LogP contribution in [-0.2, 0) is 0 Å². The minimum atomic E-state index is 0.196. The molecule has 0 aliphatic heterocycles. The molecule has 0 rings (SSSR count). The number of rotatable bonds is 3. The molecule has 2 heteroatoms. The second-order valence-electron chi connectivity index (χ2n) is 1.40. The van der Waals surface area contributed by atoms with Crippen LogP contribution < -0.4 is 5.09 Å². The van der Waals surface area contributed by atoms with E-state index in [1.807, 2.05) is 7.05 Å². The Balaban J connectivity index is 2.99. The van der Waals surface area contributed by atoms with Gasteiger partial charge in [-0.2, -0.15) is 0 Å². The third-order valence-corrected chi connectivity index (χ3v) is 3.24. The maximum atomic E-state index is 3.27. The molecule has 0 fully saturated rings. The van der Waals surface area contributed by atoms with Gasteiger partial charge in [0.1, 0.15) is 0 Å². The van der Waals surface area contributed by atoms with Crippen molar-refractivity contribution in [3.63, 3.8) is 0 Å². The Hall–Kier alpha value is 0.390. The van der Waals surface area contributed by atoms with E-state index < -0.39 is 0 Å². The van der Waals surface area contributed by atoms with Crippen LogP contribution >= 0.6 is 8.07 Å². The highest BCUT2D eigenvalue weighted by Gasteiger charge is 1.93. The summed E-state index contributed by atoms with van der Waals surface area (Å²) in [5, 5.41) is 3.27. The molecular formula is C5H14NP. The van der Waals surface area contributed by atoms with E-state index in [2.05, 4.69) is 18.9 Å². The molecule has 0 amide bonds. The largest absolute Gasteiger partial charge is 0.299 e. The Morgan fingerprint density at radius 3 is 1.71 bits per heavy atom. The lowest BCUT2D eigenvalue weighted by atomic mass is 11.0. The van der Waals surface area contributed by atoms with Gasteiger partial charge in [-0.15, -0.1) is 0 Å². The molecule has 0 aliphatic rings. The minimum Gasteiger partial charge on any atom is -0.299 e. The molecule has 44 valence electrons. The van der Waals surface area contributed by atoms with Crippen molar-refractivity contribution in [2.24, 2.45) is 0 Å². The zero-order valence-corrected chi connectivity index (χ0v) is 6.26. The monoisotopic (exact) mass is 119 g/mol. The van der Waals surface area contributed by atoms with E-state index >= 15 is 0 Å². The fourth-order valence-corrected chi connectivity index (χ4v) is 1.62. The standard InChI is InChI=1S/C5H14NP/c1-4-7(5-2)6-3/h6H,4-5H2,1-3H3. The normalized spacial score (nSPS) is 10.3. The third-order valence-electron chi connectivity index (χ3n) is 1.08. The van der Waals surface area contributed by atoms with Crippen molar-refractivity contribution in [2.45, 2.75) is 13.8 Å². The summed E-state index contributed by atoms with van der Waals surface area (Å²) >= 11 is 0. The molecular weight excluding hydrogens is 105 g/mol. The lowest BCUT2D eigenvalue weighted by Crippen LogP contribution is -2.00. The highest BCUT2D eigenvalue weighted by molar-refractivity contribution is 7.55. The van der Waals surface area contributed by atoms with Crippen LogP contribution in [0.1, 0.15) is 13.8 Å². The van der Waals surface area contributed by atoms with Gasteiger partial charge in [0.25, 0.3) is 0 Å². The Kier molecular flexibility index (Phi) is 4.80. The average Bonchev–Trinajstić information content (AvgIpc) is 1.72. The predicted molar refractivity (Wildman–Crippen MR) is 37.1 cm³/mol. The van der Waals surface area contributed by atoms with E-state index in [1.165, 1.54) is 12.3 Å². The predicted octanol–water partition coefficient (Wildman–Crippen LogP) is 1.64. The van der Waals surface area contributed by atoms with Crippen LogP contribution in [0.4, 0.5) is 0 Å². The van der Waals surface area contributed by atoms with Crippen LogP contribution in [0.3, 0.4) is 0 Å². The van der Waals surface area contributed by atoms with Crippen molar-refractivity contribution in [2.75, 3.05) is 19.4 Å². The number of hydrogen-bond acceptors (Lipinski definition) is 1. The average molecular weight is 119 g/mol. The van der Waals surface area contributed by atoms with E-state index in [0.717, 1.165) is 0 Å². The van der Waals surface area contributed by atoms with E-state index in [9.17, 15) is 0 Å². The first-order valence-electron chi connectivity index (χ1n) is 2.77. The summed E-state index contributed by atoms with van der Waals surface area (Å²) in [5.41, 5.74) is 0. The lowest BCUT2D eigenvalue weighted by Gasteiger charge is -2.08. The summed E-state index contributed by atoms with van der Waals surface area (Å²) in [6, 6.07) is 0. The molecule has 0 radical (unpaired) electrons. The quantitative estimate of drug-likeness (QED) is 0.557. The first kappa shape index (κ1) is 7.39.